The van der Waals surface area contributed by atoms with Gasteiger partial charge in [0.05, 0.1) is 17.9 Å². The number of nitrogens with zero attached hydrogens (tertiary/aromatic N) is 3. The van der Waals surface area contributed by atoms with Gasteiger partial charge < -0.3 is 0 Å². The molecule has 8 heteroatoms. The van der Waals surface area contributed by atoms with Crippen molar-refractivity contribution >= 4 is 49.6 Å². The molecule has 0 spiro atoms. The summed E-state index contributed by atoms with van der Waals surface area (Å²) in [5.74, 6) is 0.269. The van der Waals surface area contributed by atoms with Crippen LogP contribution in [0.15, 0.2) is 45.0 Å². The average Bonchev–Trinajstić information content (AvgIpc) is 3.07. The zero-order valence-corrected chi connectivity index (χ0v) is 18.6. The minimum absolute atomic E-state index is 0.151. The van der Waals surface area contributed by atoms with Crippen LogP contribution in [0.25, 0.3) is 10.2 Å². The maximum absolute atomic E-state index is 13.1. The second-order valence-corrected chi connectivity index (χ2v) is 9.45. The number of fused-ring (bicyclic) bond motifs is 3. The molecule has 29 heavy (non-hydrogen) atoms. The van der Waals surface area contributed by atoms with E-state index in [9.17, 15) is 9.59 Å². The van der Waals surface area contributed by atoms with Gasteiger partial charge in [-0.15, -0.1) is 11.3 Å². The van der Waals surface area contributed by atoms with Gasteiger partial charge >= 0.3 is 0 Å². The molecular weight excluding hydrogens is 452 g/mol. The number of hydrazone groups is 1. The molecule has 0 saturated carbocycles. The predicted molar refractivity (Wildman–Crippen MR) is 120 cm³/mol. The number of amides is 1. The van der Waals surface area contributed by atoms with Crippen LogP contribution in [0.4, 0.5) is 0 Å². The van der Waals surface area contributed by atoms with Crippen molar-refractivity contribution in [2.45, 2.75) is 39.2 Å². The van der Waals surface area contributed by atoms with Gasteiger partial charge in [0, 0.05) is 9.35 Å². The van der Waals surface area contributed by atoms with Crippen molar-refractivity contribution in [2.24, 2.45) is 11.0 Å². The number of nitrogens with one attached hydrogen (secondary N) is 1. The Morgan fingerprint density at radius 2 is 2.17 bits per heavy atom. The standard InChI is InChI=1S/C21H21BrN4O2S/c1-12-3-8-16-17(9-12)29-20-18(16)21(28)26(11-23-20)13(2)19(27)25-24-10-14-4-6-15(22)7-5-14/h4-7,10-13H,3,8-9H2,1-2H3,(H,25,27)/b24-10+/t12-,13+/m0/s1. The summed E-state index contributed by atoms with van der Waals surface area (Å²) in [6, 6.07) is 6.85. The molecule has 150 valence electrons. The van der Waals surface area contributed by atoms with Crippen LogP contribution >= 0.6 is 27.3 Å². The van der Waals surface area contributed by atoms with Crippen molar-refractivity contribution in [1.29, 1.82) is 0 Å². The van der Waals surface area contributed by atoms with Gasteiger partial charge in [-0.3, -0.25) is 14.2 Å². The van der Waals surface area contributed by atoms with E-state index in [1.54, 1.807) is 24.5 Å². The Balaban J connectivity index is 1.55. The van der Waals surface area contributed by atoms with Crippen LogP contribution in [0.5, 0.6) is 0 Å². The highest BCUT2D eigenvalue weighted by Crippen LogP contribution is 2.35. The van der Waals surface area contributed by atoms with Gasteiger partial charge in [-0.2, -0.15) is 5.10 Å². The van der Waals surface area contributed by atoms with E-state index in [1.165, 1.54) is 15.8 Å². The van der Waals surface area contributed by atoms with Crippen LogP contribution in [-0.4, -0.2) is 21.7 Å². The molecule has 1 aliphatic carbocycles. The van der Waals surface area contributed by atoms with Crippen LogP contribution in [0.2, 0.25) is 0 Å². The molecule has 1 N–H and O–H groups in total. The van der Waals surface area contributed by atoms with Crippen LogP contribution in [0.1, 0.15) is 42.3 Å². The molecule has 1 amide bonds. The minimum atomic E-state index is -0.709. The van der Waals surface area contributed by atoms with Crippen LogP contribution < -0.4 is 11.0 Å². The molecule has 0 bridgehead atoms. The third-order valence-electron chi connectivity index (χ3n) is 5.30. The molecule has 0 saturated heterocycles. The number of aryl methyl sites for hydroxylation is 1. The van der Waals surface area contributed by atoms with Crippen LogP contribution in [0.3, 0.4) is 0 Å². The highest BCUT2D eigenvalue weighted by atomic mass is 79.9. The van der Waals surface area contributed by atoms with Gasteiger partial charge in [0.25, 0.3) is 11.5 Å². The Morgan fingerprint density at radius 1 is 1.41 bits per heavy atom. The Morgan fingerprint density at radius 3 is 2.93 bits per heavy atom. The largest absolute Gasteiger partial charge is 0.286 e. The lowest BCUT2D eigenvalue weighted by Crippen LogP contribution is -2.34. The molecule has 0 fully saturated rings. The molecule has 0 unspecified atom stereocenters. The lowest BCUT2D eigenvalue weighted by atomic mass is 9.89. The summed E-state index contributed by atoms with van der Waals surface area (Å²) in [7, 11) is 0. The van der Waals surface area contributed by atoms with E-state index in [-0.39, 0.29) is 11.5 Å². The van der Waals surface area contributed by atoms with Gasteiger partial charge in [0.1, 0.15) is 10.9 Å². The first-order valence-corrected chi connectivity index (χ1v) is 11.1. The highest BCUT2D eigenvalue weighted by Gasteiger charge is 2.25. The predicted octanol–water partition coefficient (Wildman–Crippen LogP) is 4.06. The molecule has 0 radical (unpaired) electrons. The quantitative estimate of drug-likeness (QED) is 0.459. The second-order valence-electron chi connectivity index (χ2n) is 7.45. The van der Waals surface area contributed by atoms with Gasteiger partial charge in [0.2, 0.25) is 0 Å². The first kappa shape index (κ1) is 20.0. The summed E-state index contributed by atoms with van der Waals surface area (Å²) >= 11 is 4.98. The summed E-state index contributed by atoms with van der Waals surface area (Å²) in [6.45, 7) is 3.92. The molecule has 2 heterocycles. The fraction of sp³-hybridized carbons (Fsp3) is 0.333. The zero-order valence-electron chi connectivity index (χ0n) is 16.2. The van der Waals surface area contributed by atoms with Crippen molar-refractivity contribution in [3.63, 3.8) is 0 Å². The molecule has 4 rings (SSSR count). The fourth-order valence-electron chi connectivity index (χ4n) is 3.56. The first-order valence-electron chi connectivity index (χ1n) is 9.54. The van der Waals surface area contributed by atoms with E-state index >= 15 is 0 Å². The number of aromatic nitrogens is 2. The Labute approximate surface area is 180 Å². The van der Waals surface area contributed by atoms with Gasteiger partial charge in [-0.05, 0) is 55.4 Å². The van der Waals surface area contributed by atoms with E-state index in [4.69, 9.17) is 0 Å². The van der Waals surface area contributed by atoms with E-state index < -0.39 is 6.04 Å². The molecule has 0 aliphatic heterocycles. The maximum Gasteiger partial charge on any atom is 0.263 e. The van der Waals surface area contributed by atoms with Crippen molar-refractivity contribution in [2.75, 3.05) is 0 Å². The SMILES string of the molecule is C[C@H]1CCc2c(sc3ncn([C@H](C)C(=O)N/N=C/c4ccc(Br)cc4)c(=O)c23)C1. The van der Waals surface area contributed by atoms with E-state index in [1.807, 2.05) is 24.3 Å². The number of benzene rings is 1. The number of thiophene rings is 1. The lowest BCUT2D eigenvalue weighted by molar-refractivity contribution is -0.123. The van der Waals surface area contributed by atoms with Crippen molar-refractivity contribution < 1.29 is 4.79 Å². The number of carbonyl (C=O) groups excluding carboxylic acids is 1. The van der Waals surface area contributed by atoms with Crippen molar-refractivity contribution in [3.8, 4) is 0 Å². The number of rotatable bonds is 4. The normalized spacial score (nSPS) is 17.4. The molecule has 3 aromatic rings. The summed E-state index contributed by atoms with van der Waals surface area (Å²) in [4.78, 5) is 32.2. The van der Waals surface area contributed by atoms with Crippen molar-refractivity contribution in [3.05, 3.63) is 61.4 Å². The topological polar surface area (TPSA) is 76.3 Å². The molecule has 2 atom stereocenters. The molecular formula is C21H21BrN4O2S. The molecule has 2 aromatic heterocycles. The first-order chi connectivity index (χ1) is 13.9. The van der Waals surface area contributed by atoms with Crippen LogP contribution in [0, 0.1) is 5.92 Å². The van der Waals surface area contributed by atoms with E-state index in [0.717, 1.165) is 39.7 Å². The second kappa shape index (κ2) is 8.20. The molecule has 1 aromatic carbocycles. The lowest BCUT2D eigenvalue weighted by Gasteiger charge is -2.18. The zero-order chi connectivity index (χ0) is 20.5. The summed E-state index contributed by atoms with van der Waals surface area (Å²) < 4.78 is 2.37. The van der Waals surface area contributed by atoms with E-state index in [0.29, 0.717) is 11.3 Å². The third-order valence-corrected chi connectivity index (χ3v) is 6.99. The summed E-state index contributed by atoms with van der Waals surface area (Å²) in [5.41, 5.74) is 4.35. The monoisotopic (exact) mass is 472 g/mol. The molecule has 1 aliphatic rings. The number of hydrogen-bond acceptors (Lipinski definition) is 5. The Hall–Kier alpha value is -2.32. The van der Waals surface area contributed by atoms with Crippen molar-refractivity contribution in [1.82, 2.24) is 15.0 Å². The Bertz CT molecular complexity index is 1150. The maximum atomic E-state index is 13.1. The third kappa shape index (κ3) is 4.04. The van der Waals surface area contributed by atoms with E-state index in [2.05, 4.69) is 38.4 Å². The summed E-state index contributed by atoms with van der Waals surface area (Å²) in [5, 5.41) is 4.68. The van der Waals surface area contributed by atoms with Gasteiger partial charge in [-0.1, -0.05) is 35.0 Å². The smallest absolute Gasteiger partial charge is 0.263 e. The van der Waals surface area contributed by atoms with Crippen LogP contribution in [-0.2, 0) is 17.6 Å². The number of halogens is 1. The average molecular weight is 473 g/mol. The summed E-state index contributed by atoms with van der Waals surface area (Å²) in [6.07, 6.45) is 6.01. The Kier molecular flexibility index (Phi) is 5.65. The van der Waals surface area contributed by atoms with Gasteiger partial charge in [-0.25, -0.2) is 10.4 Å². The van der Waals surface area contributed by atoms with Gasteiger partial charge in [0.15, 0.2) is 0 Å². The number of hydrogen-bond donors (Lipinski definition) is 1. The molecule has 6 nitrogen and oxygen atoms in total. The minimum Gasteiger partial charge on any atom is -0.286 e. The fourth-order valence-corrected chi connectivity index (χ4v) is 5.16. The highest BCUT2D eigenvalue weighted by molar-refractivity contribution is 9.10. The number of carbonyl (C=O) groups is 1.